The number of furan rings is 1. The molecule has 1 aliphatic carbocycles. The number of carbonyl (C=O) groups excluding carboxylic acids is 1. The van der Waals surface area contributed by atoms with Gasteiger partial charge < -0.3 is 15.1 Å². The van der Waals surface area contributed by atoms with Crippen LogP contribution in [0.3, 0.4) is 0 Å². The van der Waals surface area contributed by atoms with Gasteiger partial charge in [0.05, 0.1) is 0 Å². The van der Waals surface area contributed by atoms with Crippen molar-refractivity contribution in [3.8, 4) is 0 Å². The molecule has 1 aromatic carbocycles. The summed E-state index contributed by atoms with van der Waals surface area (Å²) in [5, 5.41) is 0.948. The molecule has 118 valence electrons. The molecule has 2 heterocycles. The summed E-state index contributed by atoms with van der Waals surface area (Å²) in [5.74, 6) is 1.45. The van der Waals surface area contributed by atoms with Gasteiger partial charge in [0.15, 0.2) is 5.76 Å². The Morgan fingerprint density at radius 3 is 2.86 bits per heavy atom. The van der Waals surface area contributed by atoms with Crippen LogP contribution >= 0.6 is 28.3 Å². The quantitative estimate of drug-likeness (QED) is 0.818. The fraction of sp³-hybridized carbons (Fsp3) is 0.438. The zero-order valence-corrected chi connectivity index (χ0v) is 14.4. The number of nitrogens with zero attached hydrogens (tertiary/aromatic N) is 1. The highest BCUT2D eigenvalue weighted by molar-refractivity contribution is 9.10. The van der Waals surface area contributed by atoms with Gasteiger partial charge in [0.25, 0.3) is 5.91 Å². The van der Waals surface area contributed by atoms with Crippen LogP contribution < -0.4 is 5.73 Å². The van der Waals surface area contributed by atoms with Gasteiger partial charge in [-0.3, -0.25) is 4.79 Å². The largest absolute Gasteiger partial charge is 0.451 e. The first-order valence-corrected chi connectivity index (χ1v) is 8.15. The fourth-order valence-corrected chi connectivity index (χ4v) is 4.13. The Labute approximate surface area is 143 Å². The van der Waals surface area contributed by atoms with Gasteiger partial charge in [0.1, 0.15) is 5.58 Å². The van der Waals surface area contributed by atoms with Crippen molar-refractivity contribution in [1.29, 1.82) is 0 Å². The third-order valence-corrected chi connectivity index (χ3v) is 5.38. The second-order valence-electron chi connectivity index (χ2n) is 6.17. The Hall–Kier alpha value is -1.04. The lowest BCUT2D eigenvalue weighted by Gasteiger charge is -2.17. The molecule has 4 rings (SSSR count). The molecule has 2 aliphatic rings. The second-order valence-corrected chi connectivity index (χ2v) is 7.08. The van der Waals surface area contributed by atoms with E-state index in [0.29, 0.717) is 17.6 Å². The van der Waals surface area contributed by atoms with E-state index >= 15 is 0 Å². The first kappa shape index (κ1) is 15.8. The maximum Gasteiger partial charge on any atom is 0.289 e. The van der Waals surface area contributed by atoms with Crippen LogP contribution in [-0.4, -0.2) is 29.9 Å². The van der Waals surface area contributed by atoms with Crippen molar-refractivity contribution < 1.29 is 9.21 Å². The normalized spacial score (nSPS) is 27.0. The minimum absolute atomic E-state index is 0. The molecule has 1 aromatic heterocycles. The summed E-state index contributed by atoms with van der Waals surface area (Å²) >= 11 is 3.43. The molecule has 1 amide bonds. The van der Waals surface area contributed by atoms with Gasteiger partial charge in [-0.05, 0) is 48.9 Å². The summed E-state index contributed by atoms with van der Waals surface area (Å²) in [6.45, 7) is 1.59. The number of nitrogens with two attached hydrogens (primary N) is 1. The third kappa shape index (κ3) is 2.55. The maximum absolute atomic E-state index is 12.6. The maximum atomic E-state index is 12.6. The van der Waals surface area contributed by atoms with Gasteiger partial charge >= 0.3 is 0 Å². The van der Waals surface area contributed by atoms with Crippen molar-refractivity contribution in [3.05, 3.63) is 34.5 Å². The van der Waals surface area contributed by atoms with Crippen molar-refractivity contribution in [1.82, 2.24) is 4.90 Å². The Kier molecular flexibility index (Phi) is 4.23. The number of amides is 1. The van der Waals surface area contributed by atoms with Crippen LogP contribution in [0.5, 0.6) is 0 Å². The number of carbonyl (C=O) groups is 1. The first-order valence-electron chi connectivity index (χ1n) is 7.36. The zero-order valence-electron chi connectivity index (χ0n) is 12.0. The minimum atomic E-state index is -0.0103. The van der Waals surface area contributed by atoms with Gasteiger partial charge in [-0.25, -0.2) is 0 Å². The topological polar surface area (TPSA) is 59.5 Å². The van der Waals surface area contributed by atoms with E-state index in [4.69, 9.17) is 10.2 Å². The van der Waals surface area contributed by atoms with Crippen LogP contribution in [0.4, 0.5) is 0 Å². The summed E-state index contributed by atoms with van der Waals surface area (Å²) in [6, 6.07) is 7.84. The molecular formula is C16H18BrClN2O2. The number of benzene rings is 1. The smallest absolute Gasteiger partial charge is 0.289 e. The number of hydrogen-bond donors (Lipinski definition) is 1. The van der Waals surface area contributed by atoms with Gasteiger partial charge in [-0.1, -0.05) is 15.9 Å². The van der Waals surface area contributed by atoms with E-state index in [0.717, 1.165) is 41.4 Å². The van der Waals surface area contributed by atoms with E-state index in [1.165, 1.54) is 0 Å². The zero-order chi connectivity index (χ0) is 14.6. The van der Waals surface area contributed by atoms with Crippen molar-refractivity contribution in [2.24, 2.45) is 17.6 Å². The molecule has 1 saturated carbocycles. The van der Waals surface area contributed by atoms with Crippen LogP contribution in [-0.2, 0) is 0 Å². The number of rotatable bonds is 1. The predicted octanol–water partition coefficient (Wildman–Crippen LogP) is 3.43. The van der Waals surface area contributed by atoms with Crippen molar-refractivity contribution >= 4 is 45.2 Å². The van der Waals surface area contributed by atoms with E-state index in [2.05, 4.69) is 15.9 Å². The van der Waals surface area contributed by atoms with Crippen LogP contribution in [0, 0.1) is 11.8 Å². The van der Waals surface area contributed by atoms with Crippen LogP contribution in [0.15, 0.2) is 33.2 Å². The number of fused-ring (bicyclic) bond motifs is 2. The highest BCUT2D eigenvalue weighted by atomic mass is 79.9. The summed E-state index contributed by atoms with van der Waals surface area (Å²) in [7, 11) is 0. The predicted molar refractivity (Wildman–Crippen MR) is 91.3 cm³/mol. The lowest BCUT2D eigenvalue weighted by molar-refractivity contribution is 0.0750. The van der Waals surface area contributed by atoms with Crippen molar-refractivity contribution in [3.63, 3.8) is 0 Å². The highest BCUT2D eigenvalue weighted by Gasteiger charge is 2.43. The average molecular weight is 386 g/mol. The summed E-state index contributed by atoms with van der Waals surface area (Å²) < 4.78 is 6.69. The molecule has 0 spiro atoms. The first-order chi connectivity index (χ1) is 10.1. The van der Waals surface area contributed by atoms with Gasteiger partial charge in [0.2, 0.25) is 0 Å². The molecule has 0 radical (unpaired) electrons. The molecule has 2 fully saturated rings. The number of hydrogen-bond acceptors (Lipinski definition) is 3. The minimum Gasteiger partial charge on any atom is -0.451 e. The van der Waals surface area contributed by atoms with E-state index in [1.807, 2.05) is 29.2 Å². The summed E-state index contributed by atoms with van der Waals surface area (Å²) in [5.41, 5.74) is 6.88. The molecular weight excluding hydrogens is 368 g/mol. The molecule has 6 heteroatoms. The standard InChI is InChI=1S/C16H17BrN2O2.ClH/c17-11-2-4-14-10(5-11)6-15(21-14)16(20)19-7-9-1-3-13(18)12(9)8-19;/h2,4-6,9,12-13H,1,3,7-8,18H2;1H. The summed E-state index contributed by atoms with van der Waals surface area (Å²) in [4.78, 5) is 14.5. The van der Waals surface area contributed by atoms with Crippen LogP contribution in [0.1, 0.15) is 23.4 Å². The molecule has 1 saturated heterocycles. The Bertz CT molecular complexity index is 717. The van der Waals surface area contributed by atoms with E-state index in [-0.39, 0.29) is 24.4 Å². The Balaban J connectivity index is 0.00000144. The van der Waals surface area contributed by atoms with E-state index < -0.39 is 0 Å². The van der Waals surface area contributed by atoms with Crippen LogP contribution in [0.25, 0.3) is 11.0 Å². The monoisotopic (exact) mass is 384 g/mol. The highest BCUT2D eigenvalue weighted by Crippen LogP contribution is 2.38. The Morgan fingerprint density at radius 2 is 2.09 bits per heavy atom. The van der Waals surface area contributed by atoms with E-state index in [9.17, 15) is 4.79 Å². The van der Waals surface area contributed by atoms with Crippen molar-refractivity contribution in [2.45, 2.75) is 18.9 Å². The summed E-state index contributed by atoms with van der Waals surface area (Å²) in [6.07, 6.45) is 2.23. The molecule has 3 atom stereocenters. The molecule has 1 aliphatic heterocycles. The molecule has 2 aromatic rings. The molecule has 22 heavy (non-hydrogen) atoms. The van der Waals surface area contributed by atoms with Gasteiger partial charge in [-0.15, -0.1) is 12.4 Å². The average Bonchev–Trinajstić information content (AvgIpc) is 3.13. The third-order valence-electron chi connectivity index (χ3n) is 4.89. The number of halogens is 2. The second kappa shape index (κ2) is 5.87. The fourth-order valence-electron chi connectivity index (χ4n) is 3.75. The molecule has 3 unspecified atom stereocenters. The SMILES string of the molecule is Cl.NC1CCC2CN(C(=O)c3cc4cc(Br)ccc4o3)CC12. The van der Waals surface area contributed by atoms with Crippen LogP contribution in [0.2, 0.25) is 0 Å². The molecule has 2 N–H and O–H groups in total. The Morgan fingerprint density at radius 1 is 1.27 bits per heavy atom. The van der Waals surface area contributed by atoms with Gasteiger partial charge in [0, 0.05) is 29.0 Å². The van der Waals surface area contributed by atoms with E-state index in [1.54, 1.807) is 0 Å². The lowest BCUT2D eigenvalue weighted by atomic mass is 9.98. The molecule has 0 bridgehead atoms. The number of likely N-dealkylation sites (tertiary alicyclic amines) is 1. The molecule has 4 nitrogen and oxygen atoms in total. The van der Waals surface area contributed by atoms with Gasteiger partial charge in [-0.2, -0.15) is 0 Å². The lowest BCUT2D eigenvalue weighted by Crippen LogP contribution is -2.33. The van der Waals surface area contributed by atoms with Crippen molar-refractivity contribution in [2.75, 3.05) is 13.1 Å².